The first kappa shape index (κ1) is 21.3. The molecule has 0 aromatic heterocycles. The molecule has 8 N–H and O–H groups in total. The smallest absolute Gasteiger partial charge is 0.326 e. The van der Waals surface area contributed by atoms with Crippen molar-refractivity contribution in [1.82, 2.24) is 10.6 Å². The van der Waals surface area contributed by atoms with Crippen molar-refractivity contribution in [3.63, 3.8) is 0 Å². The van der Waals surface area contributed by atoms with E-state index < -0.39 is 60.6 Å². The normalized spacial score (nSPS) is 14.3. The van der Waals surface area contributed by atoms with Crippen molar-refractivity contribution in [1.29, 1.82) is 0 Å². The van der Waals surface area contributed by atoms with E-state index in [1.54, 1.807) is 13.8 Å². The monoisotopic (exact) mass is 346 g/mol. The van der Waals surface area contributed by atoms with Crippen LogP contribution in [0, 0.1) is 5.92 Å². The van der Waals surface area contributed by atoms with Gasteiger partial charge in [-0.05, 0) is 5.92 Å². The molecule has 3 amide bonds. The van der Waals surface area contributed by atoms with E-state index in [1.807, 2.05) is 5.32 Å². The van der Waals surface area contributed by atoms with Gasteiger partial charge < -0.3 is 32.3 Å². The van der Waals surface area contributed by atoms with E-state index in [4.69, 9.17) is 21.7 Å². The zero-order valence-electron chi connectivity index (χ0n) is 13.3. The minimum atomic E-state index is -1.64. The van der Waals surface area contributed by atoms with Crippen LogP contribution < -0.4 is 22.1 Å². The number of carbonyl (C=O) groups is 5. The Labute approximate surface area is 137 Å². The van der Waals surface area contributed by atoms with E-state index in [9.17, 15) is 24.0 Å². The fourth-order valence-corrected chi connectivity index (χ4v) is 1.63. The summed E-state index contributed by atoms with van der Waals surface area (Å²) < 4.78 is 0. The first-order chi connectivity index (χ1) is 11.0. The fraction of sp³-hybridized carbons (Fsp3) is 0.615. The van der Waals surface area contributed by atoms with Gasteiger partial charge in [0.2, 0.25) is 17.7 Å². The van der Waals surface area contributed by atoms with Crippen LogP contribution in [0.1, 0.15) is 26.7 Å². The number of rotatable bonds is 10. The molecule has 0 aromatic rings. The third-order valence-corrected chi connectivity index (χ3v) is 3.05. The van der Waals surface area contributed by atoms with Crippen molar-refractivity contribution >= 4 is 29.7 Å². The molecular weight excluding hydrogens is 324 g/mol. The molecule has 0 aliphatic rings. The zero-order chi connectivity index (χ0) is 19.0. The highest BCUT2D eigenvalue weighted by Crippen LogP contribution is 2.02. The lowest BCUT2D eigenvalue weighted by Crippen LogP contribution is -2.56. The van der Waals surface area contributed by atoms with Crippen LogP contribution in [-0.2, 0) is 24.0 Å². The van der Waals surface area contributed by atoms with Crippen molar-refractivity contribution in [3.05, 3.63) is 0 Å². The first-order valence-corrected chi connectivity index (χ1v) is 7.04. The third-order valence-electron chi connectivity index (χ3n) is 3.05. The second-order valence-corrected chi connectivity index (χ2v) is 5.50. The molecule has 0 aromatic carbocycles. The summed E-state index contributed by atoms with van der Waals surface area (Å²) in [4.78, 5) is 56.6. The fourth-order valence-electron chi connectivity index (χ4n) is 1.63. The Morgan fingerprint density at radius 1 is 0.917 bits per heavy atom. The Kier molecular flexibility index (Phi) is 8.39. The molecular formula is C13H22N4O7. The topological polar surface area (TPSA) is 202 Å². The Morgan fingerprint density at radius 3 is 1.79 bits per heavy atom. The minimum Gasteiger partial charge on any atom is -0.481 e. The summed E-state index contributed by atoms with van der Waals surface area (Å²) in [7, 11) is 0. The molecule has 0 aliphatic heterocycles. The van der Waals surface area contributed by atoms with Crippen LogP contribution in [-0.4, -0.2) is 58.0 Å². The summed E-state index contributed by atoms with van der Waals surface area (Å²) in [5, 5.41) is 21.9. The van der Waals surface area contributed by atoms with Crippen molar-refractivity contribution in [2.45, 2.75) is 44.8 Å². The average Bonchev–Trinajstić information content (AvgIpc) is 2.43. The van der Waals surface area contributed by atoms with Crippen LogP contribution in [0.4, 0.5) is 0 Å². The van der Waals surface area contributed by atoms with Gasteiger partial charge in [0.1, 0.15) is 12.1 Å². The van der Waals surface area contributed by atoms with Crippen LogP contribution in [0.2, 0.25) is 0 Å². The number of hydrogen-bond donors (Lipinski definition) is 6. The van der Waals surface area contributed by atoms with E-state index in [2.05, 4.69) is 5.32 Å². The maximum Gasteiger partial charge on any atom is 0.326 e. The van der Waals surface area contributed by atoms with E-state index in [0.717, 1.165) is 0 Å². The van der Waals surface area contributed by atoms with Gasteiger partial charge >= 0.3 is 11.9 Å². The van der Waals surface area contributed by atoms with Crippen molar-refractivity contribution in [3.8, 4) is 0 Å². The Morgan fingerprint density at radius 2 is 1.42 bits per heavy atom. The van der Waals surface area contributed by atoms with Gasteiger partial charge in [-0.1, -0.05) is 13.8 Å². The molecule has 0 unspecified atom stereocenters. The second kappa shape index (κ2) is 9.45. The highest BCUT2D eigenvalue weighted by molar-refractivity contribution is 5.95. The van der Waals surface area contributed by atoms with Crippen molar-refractivity contribution in [2.24, 2.45) is 17.4 Å². The number of nitrogens with two attached hydrogens (primary N) is 2. The molecule has 0 spiro atoms. The maximum absolute atomic E-state index is 12.1. The molecule has 0 rings (SSSR count). The molecule has 11 nitrogen and oxygen atoms in total. The van der Waals surface area contributed by atoms with Gasteiger partial charge in [0, 0.05) is 0 Å². The molecule has 3 atom stereocenters. The number of carboxylic acids is 2. The first-order valence-electron chi connectivity index (χ1n) is 7.04. The van der Waals surface area contributed by atoms with E-state index in [0.29, 0.717) is 0 Å². The van der Waals surface area contributed by atoms with Crippen molar-refractivity contribution < 1.29 is 34.2 Å². The number of amides is 3. The molecule has 0 bridgehead atoms. The van der Waals surface area contributed by atoms with Gasteiger partial charge in [-0.15, -0.1) is 0 Å². The largest absolute Gasteiger partial charge is 0.481 e. The quantitative estimate of drug-likeness (QED) is 0.246. The van der Waals surface area contributed by atoms with Crippen LogP contribution in [0.25, 0.3) is 0 Å². The molecule has 0 heterocycles. The summed E-state index contributed by atoms with van der Waals surface area (Å²) in [6, 6.07) is -4.16. The van der Waals surface area contributed by atoms with Gasteiger partial charge in [0.05, 0.1) is 18.9 Å². The average molecular weight is 346 g/mol. The number of nitrogens with one attached hydrogen (secondary N) is 2. The summed E-state index contributed by atoms with van der Waals surface area (Å²) in [5.74, 6) is -5.98. The van der Waals surface area contributed by atoms with Crippen LogP contribution in [0.3, 0.4) is 0 Å². The van der Waals surface area contributed by atoms with Gasteiger partial charge in [0.25, 0.3) is 0 Å². The lowest BCUT2D eigenvalue weighted by molar-refractivity contribution is -0.144. The van der Waals surface area contributed by atoms with Gasteiger partial charge in [-0.3, -0.25) is 19.2 Å². The molecule has 136 valence electrons. The number of carbonyl (C=O) groups excluding carboxylic acids is 3. The number of carboxylic acid groups (broad SMARTS) is 2. The molecule has 11 heteroatoms. The SMILES string of the molecule is CC(C)[C@H](N)C(=O)N[C@@H](CC(=O)O)C(=O)N[C@@H](CC(N)=O)C(=O)O. The van der Waals surface area contributed by atoms with Crippen LogP contribution in [0.15, 0.2) is 0 Å². The summed E-state index contributed by atoms with van der Waals surface area (Å²) in [5.41, 5.74) is 10.5. The van der Waals surface area contributed by atoms with E-state index in [-0.39, 0.29) is 5.92 Å². The lowest BCUT2D eigenvalue weighted by atomic mass is 10.0. The molecule has 0 saturated carbocycles. The Balaban J connectivity index is 5.11. The Hall–Kier alpha value is -2.69. The van der Waals surface area contributed by atoms with E-state index >= 15 is 0 Å². The summed E-state index contributed by atoms with van der Waals surface area (Å²) >= 11 is 0. The van der Waals surface area contributed by atoms with Crippen LogP contribution >= 0.6 is 0 Å². The zero-order valence-corrected chi connectivity index (χ0v) is 13.3. The Bertz CT molecular complexity index is 520. The minimum absolute atomic E-state index is 0.264. The van der Waals surface area contributed by atoms with Gasteiger partial charge in [-0.2, -0.15) is 0 Å². The highest BCUT2D eigenvalue weighted by Gasteiger charge is 2.30. The molecule has 0 fully saturated rings. The predicted molar refractivity (Wildman–Crippen MR) is 80.4 cm³/mol. The lowest BCUT2D eigenvalue weighted by Gasteiger charge is -2.22. The van der Waals surface area contributed by atoms with Crippen molar-refractivity contribution in [2.75, 3.05) is 0 Å². The summed E-state index contributed by atoms with van der Waals surface area (Å²) in [6.45, 7) is 3.31. The summed E-state index contributed by atoms with van der Waals surface area (Å²) in [6.07, 6.45) is -1.47. The molecule has 0 saturated heterocycles. The number of primary amides is 1. The number of hydrogen-bond acceptors (Lipinski definition) is 6. The van der Waals surface area contributed by atoms with E-state index in [1.165, 1.54) is 0 Å². The third kappa shape index (κ3) is 7.54. The van der Waals surface area contributed by atoms with Gasteiger partial charge in [0.15, 0.2) is 0 Å². The molecule has 24 heavy (non-hydrogen) atoms. The standard InChI is InChI=1S/C13H22N4O7/c1-5(2)10(15)12(22)16-6(4-9(19)20)11(21)17-7(13(23)24)3-8(14)18/h5-7,10H,3-4,15H2,1-2H3,(H2,14,18)(H,16,22)(H,17,21)(H,19,20)(H,23,24)/t6-,7-,10-/m0/s1. The highest BCUT2D eigenvalue weighted by atomic mass is 16.4. The maximum atomic E-state index is 12.1. The number of aliphatic carboxylic acids is 2. The predicted octanol–water partition coefficient (Wildman–Crippen LogP) is -2.63. The van der Waals surface area contributed by atoms with Gasteiger partial charge in [-0.25, -0.2) is 4.79 Å². The molecule has 0 radical (unpaired) electrons. The molecule has 0 aliphatic carbocycles. The second-order valence-electron chi connectivity index (χ2n) is 5.50. The van der Waals surface area contributed by atoms with Crippen LogP contribution in [0.5, 0.6) is 0 Å².